The van der Waals surface area contributed by atoms with Gasteiger partial charge >= 0.3 is 0 Å². The minimum Gasteiger partial charge on any atom is -0.386 e. The van der Waals surface area contributed by atoms with Crippen LogP contribution in [0.4, 0.5) is 0 Å². The fraction of sp³-hybridized carbons (Fsp3) is 0.722. The predicted molar refractivity (Wildman–Crippen MR) is 92.6 cm³/mol. The van der Waals surface area contributed by atoms with E-state index in [4.69, 9.17) is 0 Å². The van der Waals surface area contributed by atoms with Crippen molar-refractivity contribution in [2.45, 2.75) is 83.3 Å². The quantitative estimate of drug-likeness (QED) is 0.212. The highest BCUT2D eigenvalue weighted by molar-refractivity contribution is 5.50. The van der Waals surface area contributed by atoms with Crippen molar-refractivity contribution in [3.63, 3.8) is 0 Å². The largest absolute Gasteiger partial charge is 0.386 e. The van der Waals surface area contributed by atoms with E-state index in [9.17, 15) is 20.0 Å². The van der Waals surface area contributed by atoms with Crippen molar-refractivity contribution in [1.82, 2.24) is 0 Å². The predicted octanol–water partition coefficient (Wildman–Crippen LogP) is 4.14. The Hall–Kier alpha value is -1.49. The van der Waals surface area contributed by atoms with Gasteiger partial charge < -0.3 is 5.11 Å². The van der Waals surface area contributed by atoms with Crippen molar-refractivity contribution in [2.75, 3.05) is 0 Å². The number of aliphatic hydroxyl groups excluding tert-OH is 1. The average molecular weight is 324 g/mol. The maximum absolute atomic E-state index is 11.0. The Labute approximate surface area is 139 Å². The lowest BCUT2D eigenvalue weighted by atomic mass is 10.0. The van der Waals surface area contributed by atoms with Gasteiger partial charge in [0, 0.05) is 17.8 Å². The van der Waals surface area contributed by atoms with Gasteiger partial charge in [-0.05, 0) is 32.1 Å². The first-order valence-electron chi connectivity index (χ1n) is 8.60. The third kappa shape index (κ3) is 12.7. The van der Waals surface area contributed by atoms with Crippen molar-refractivity contribution in [1.29, 1.82) is 0 Å². The van der Waals surface area contributed by atoms with E-state index in [0.717, 1.165) is 44.9 Å². The second kappa shape index (κ2) is 15.4. The van der Waals surface area contributed by atoms with Crippen LogP contribution in [-0.2, 0) is 4.79 Å². The van der Waals surface area contributed by atoms with Crippen molar-refractivity contribution >= 4 is 6.29 Å². The molecule has 23 heavy (non-hydrogen) atoms. The summed E-state index contributed by atoms with van der Waals surface area (Å²) in [5.41, 5.74) is 0. The molecule has 0 aromatic heterocycles. The van der Waals surface area contributed by atoms with Crippen LogP contribution in [0.15, 0.2) is 24.3 Å². The number of rotatable bonds is 15. The molecule has 131 valence electrons. The minimum atomic E-state index is -0.910. The first kappa shape index (κ1) is 21.5. The SMILES string of the molecule is CCCCCC(O)C(C/C=C/C/C=C/CCCC[C]=O)[N+](=O)[O-]. The van der Waals surface area contributed by atoms with Crippen LogP contribution in [0.25, 0.3) is 0 Å². The normalized spacial score (nSPS) is 14.3. The molecule has 0 bridgehead atoms. The fourth-order valence-corrected chi connectivity index (χ4v) is 2.26. The van der Waals surface area contributed by atoms with Crippen LogP contribution >= 0.6 is 0 Å². The Bertz CT molecular complexity index is 366. The van der Waals surface area contributed by atoms with E-state index in [1.54, 1.807) is 6.08 Å². The molecule has 0 rings (SSSR count). The summed E-state index contributed by atoms with van der Waals surface area (Å²) in [6, 6.07) is -0.910. The molecule has 1 radical (unpaired) electrons. The summed E-state index contributed by atoms with van der Waals surface area (Å²) in [5, 5.41) is 21.0. The number of allylic oxidation sites excluding steroid dienone is 3. The Morgan fingerprint density at radius 2 is 1.87 bits per heavy atom. The molecule has 0 spiro atoms. The highest BCUT2D eigenvalue weighted by atomic mass is 16.6. The number of unbranched alkanes of at least 4 members (excludes halogenated alkanes) is 5. The molecule has 0 amide bonds. The maximum atomic E-state index is 11.0. The molecule has 0 aliphatic carbocycles. The maximum Gasteiger partial charge on any atom is 0.241 e. The zero-order valence-corrected chi connectivity index (χ0v) is 14.2. The molecule has 0 saturated heterocycles. The first-order chi connectivity index (χ1) is 11.1. The molecule has 0 aromatic carbocycles. The summed E-state index contributed by atoms with van der Waals surface area (Å²) in [6.45, 7) is 2.06. The standard InChI is InChI=1S/C18H30NO4/c1-2-3-11-15-18(21)17(19(22)23)14-12-9-7-5-4-6-8-10-13-16-20/h4-5,9,12,17-18,21H,2-3,6-8,10-11,13-15H2,1H3/b5-4+,12-9+. The summed E-state index contributed by atoms with van der Waals surface area (Å²) in [5.74, 6) is 0. The smallest absolute Gasteiger partial charge is 0.241 e. The second-order valence-corrected chi connectivity index (χ2v) is 5.72. The number of carbonyl (C=O) groups excluding carboxylic acids is 1. The second-order valence-electron chi connectivity index (χ2n) is 5.72. The van der Waals surface area contributed by atoms with E-state index in [2.05, 4.69) is 13.0 Å². The van der Waals surface area contributed by atoms with Gasteiger partial charge in [0.1, 0.15) is 6.10 Å². The zero-order valence-electron chi connectivity index (χ0n) is 14.2. The summed E-state index contributed by atoms with van der Waals surface area (Å²) >= 11 is 0. The van der Waals surface area contributed by atoms with E-state index < -0.39 is 12.1 Å². The Morgan fingerprint density at radius 1 is 1.13 bits per heavy atom. The Kier molecular flexibility index (Phi) is 14.4. The van der Waals surface area contributed by atoms with Gasteiger partial charge in [-0.25, -0.2) is 0 Å². The minimum absolute atomic E-state index is 0.267. The van der Waals surface area contributed by atoms with E-state index >= 15 is 0 Å². The molecule has 2 unspecified atom stereocenters. The lowest BCUT2D eigenvalue weighted by molar-refractivity contribution is -0.533. The Morgan fingerprint density at radius 3 is 2.52 bits per heavy atom. The number of nitrogens with zero attached hydrogens (tertiary/aromatic N) is 1. The molecule has 0 saturated carbocycles. The molecule has 0 heterocycles. The lowest BCUT2D eigenvalue weighted by Gasteiger charge is -2.14. The van der Waals surface area contributed by atoms with Crippen LogP contribution in [-0.4, -0.2) is 28.5 Å². The number of hydrogen-bond donors (Lipinski definition) is 1. The summed E-state index contributed by atoms with van der Waals surface area (Å²) < 4.78 is 0. The van der Waals surface area contributed by atoms with Gasteiger partial charge in [-0.3, -0.25) is 14.9 Å². The first-order valence-corrected chi connectivity index (χ1v) is 8.60. The third-order valence-electron chi connectivity index (χ3n) is 3.70. The van der Waals surface area contributed by atoms with Crippen LogP contribution in [0, 0.1) is 10.1 Å². The molecule has 2 atom stereocenters. The van der Waals surface area contributed by atoms with Gasteiger partial charge in [-0.2, -0.15) is 0 Å². The van der Waals surface area contributed by atoms with Crippen LogP contribution < -0.4 is 0 Å². The highest BCUT2D eigenvalue weighted by Crippen LogP contribution is 2.12. The van der Waals surface area contributed by atoms with E-state index in [-0.39, 0.29) is 11.3 Å². The fourth-order valence-electron chi connectivity index (χ4n) is 2.26. The highest BCUT2D eigenvalue weighted by Gasteiger charge is 2.27. The van der Waals surface area contributed by atoms with Crippen LogP contribution in [0.1, 0.15) is 71.1 Å². The van der Waals surface area contributed by atoms with Gasteiger partial charge in [0.25, 0.3) is 0 Å². The van der Waals surface area contributed by atoms with Gasteiger partial charge in [-0.15, -0.1) is 0 Å². The third-order valence-corrected chi connectivity index (χ3v) is 3.70. The summed E-state index contributed by atoms with van der Waals surface area (Å²) in [4.78, 5) is 20.7. The molecule has 1 N–H and O–H groups in total. The molecule has 0 aliphatic heterocycles. The summed E-state index contributed by atoms with van der Waals surface area (Å²) in [6.07, 6.45) is 16.4. The molecular weight excluding hydrogens is 294 g/mol. The van der Waals surface area contributed by atoms with Crippen molar-refractivity contribution < 1.29 is 14.8 Å². The number of hydrogen-bond acceptors (Lipinski definition) is 4. The van der Waals surface area contributed by atoms with Crippen LogP contribution in [0.5, 0.6) is 0 Å². The molecule has 5 heteroatoms. The van der Waals surface area contributed by atoms with Gasteiger partial charge in [-0.1, -0.05) is 50.5 Å². The van der Waals surface area contributed by atoms with Crippen molar-refractivity contribution in [3.05, 3.63) is 34.4 Å². The van der Waals surface area contributed by atoms with E-state index in [1.165, 1.54) is 0 Å². The molecule has 0 fully saturated rings. The van der Waals surface area contributed by atoms with E-state index in [1.807, 2.05) is 18.4 Å². The average Bonchev–Trinajstić information content (AvgIpc) is 2.52. The topological polar surface area (TPSA) is 80.4 Å². The number of nitro groups is 1. The van der Waals surface area contributed by atoms with Crippen LogP contribution in [0.2, 0.25) is 0 Å². The Balaban J connectivity index is 3.95. The molecule has 0 aromatic rings. The molecular formula is C18H30NO4. The van der Waals surface area contributed by atoms with Gasteiger partial charge in [0.15, 0.2) is 6.29 Å². The summed E-state index contributed by atoms with van der Waals surface area (Å²) in [7, 11) is 0. The van der Waals surface area contributed by atoms with Gasteiger partial charge in [0.2, 0.25) is 6.04 Å². The molecule has 5 nitrogen and oxygen atoms in total. The monoisotopic (exact) mass is 324 g/mol. The zero-order chi connectivity index (χ0) is 17.3. The molecule has 0 aliphatic rings. The number of aliphatic hydroxyl groups is 1. The lowest BCUT2D eigenvalue weighted by Crippen LogP contribution is -2.33. The van der Waals surface area contributed by atoms with Crippen molar-refractivity contribution in [3.8, 4) is 0 Å². The van der Waals surface area contributed by atoms with Gasteiger partial charge in [0.05, 0.1) is 0 Å². The van der Waals surface area contributed by atoms with Crippen LogP contribution in [0.3, 0.4) is 0 Å². The van der Waals surface area contributed by atoms with E-state index in [0.29, 0.717) is 12.8 Å². The van der Waals surface area contributed by atoms with Crippen molar-refractivity contribution in [2.24, 2.45) is 0 Å².